The summed E-state index contributed by atoms with van der Waals surface area (Å²) in [5.74, 6) is -0.108. The SMILES string of the molecule is C/C=C/C(=O)NCc1cc(C)ncn1. The highest BCUT2D eigenvalue weighted by atomic mass is 16.1. The number of aryl methyl sites for hydroxylation is 1. The van der Waals surface area contributed by atoms with Crippen molar-refractivity contribution < 1.29 is 4.79 Å². The molecule has 0 fully saturated rings. The van der Waals surface area contributed by atoms with Gasteiger partial charge >= 0.3 is 0 Å². The van der Waals surface area contributed by atoms with Crippen molar-refractivity contribution >= 4 is 5.91 Å². The topological polar surface area (TPSA) is 54.9 Å². The van der Waals surface area contributed by atoms with Crippen LogP contribution in [0.5, 0.6) is 0 Å². The molecule has 0 saturated heterocycles. The lowest BCUT2D eigenvalue weighted by atomic mass is 10.3. The molecule has 74 valence electrons. The van der Waals surface area contributed by atoms with Crippen LogP contribution in [0.15, 0.2) is 24.5 Å². The van der Waals surface area contributed by atoms with Gasteiger partial charge in [-0.15, -0.1) is 0 Å². The number of carbonyl (C=O) groups is 1. The quantitative estimate of drug-likeness (QED) is 0.724. The standard InChI is InChI=1S/C10H13N3O/c1-3-4-10(14)11-6-9-5-8(2)12-7-13-9/h3-5,7H,6H2,1-2H3,(H,11,14)/b4-3+. The van der Waals surface area contributed by atoms with E-state index in [2.05, 4.69) is 15.3 Å². The molecule has 0 saturated carbocycles. The zero-order valence-electron chi connectivity index (χ0n) is 8.32. The highest BCUT2D eigenvalue weighted by molar-refractivity contribution is 5.87. The maximum absolute atomic E-state index is 11.1. The Labute approximate surface area is 83.1 Å². The van der Waals surface area contributed by atoms with E-state index in [-0.39, 0.29) is 5.91 Å². The second kappa shape index (κ2) is 5.11. The number of hydrogen-bond acceptors (Lipinski definition) is 3. The van der Waals surface area contributed by atoms with Crippen LogP contribution in [0.25, 0.3) is 0 Å². The Morgan fingerprint density at radius 3 is 3.00 bits per heavy atom. The molecule has 0 bridgehead atoms. The number of carbonyl (C=O) groups excluding carboxylic acids is 1. The Morgan fingerprint density at radius 2 is 2.36 bits per heavy atom. The van der Waals surface area contributed by atoms with Gasteiger partial charge in [-0.3, -0.25) is 4.79 Å². The first kappa shape index (κ1) is 10.4. The van der Waals surface area contributed by atoms with Crippen LogP contribution >= 0.6 is 0 Å². The van der Waals surface area contributed by atoms with Crippen LogP contribution < -0.4 is 5.32 Å². The molecule has 0 aliphatic heterocycles. The van der Waals surface area contributed by atoms with E-state index in [4.69, 9.17) is 0 Å². The van der Waals surface area contributed by atoms with Gasteiger partial charge in [-0.2, -0.15) is 0 Å². The fraction of sp³-hybridized carbons (Fsp3) is 0.300. The molecule has 1 heterocycles. The van der Waals surface area contributed by atoms with Crippen molar-refractivity contribution in [3.63, 3.8) is 0 Å². The molecule has 0 aliphatic carbocycles. The van der Waals surface area contributed by atoms with E-state index in [0.29, 0.717) is 6.54 Å². The summed E-state index contributed by atoms with van der Waals surface area (Å²) >= 11 is 0. The van der Waals surface area contributed by atoms with Crippen molar-refractivity contribution in [2.75, 3.05) is 0 Å². The average Bonchev–Trinajstić information content (AvgIpc) is 2.15. The number of aromatic nitrogens is 2. The van der Waals surface area contributed by atoms with E-state index in [0.717, 1.165) is 11.4 Å². The summed E-state index contributed by atoms with van der Waals surface area (Å²) in [6.07, 6.45) is 4.67. The van der Waals surface area contributed by atoms with Gasteiger partial charge in [0.25, 0.3) is 0 Å². The maximum Gasteiger partial charge on any atom is 0.243 e. The summed E-state index contributed by atoms with van der Waals surface area (Å²) in [5.41, 5.74) is 1.71. The van der Waals surface area contributed by atoms with Gasteiger partial charge in [-0.1, -0.05) is 6.08 Å². The summed E-state index contributed by atoms with van der Waals surface area (Å²) in [6.45, 7) is 4.12. The van der Waals surface area contributed by atoms with E-state index in [1.165, 1.54) is 12.4 Å². The Balaban J connectivity index is 2.49. The van der Waals surface area contributed by atoms with Crippen LogP contribution in [0, 0.1) is 6.92 Å². The number of hydrogen-bond donors (Lipinski definition) is 1. The first-order valence-electron chi connectivity index (χ1n) is 4.40. The van der Waals surface area contributed by atoms with Crippen LogP contribution in [0.4, 0.5) is 0 Å². The Hall–Kier alpha value is -1.71. The molecule has 1 N–H and O–H groups in total. The van der Waals surface area contributed by atoms with Gasteiger partial charge in [-0.25, -0.2) is 9.97 Å². The van der Waals surface area contributed by atoms with Gasteiger partial charge in [0.1, 0.15) is 6.33 Å². The Bertz CT molecular complexity index is 347. The van der Waals surface area contributed by atoms with E-state index in [1.54, 1.807) is 13.0 Å². The van der Waals surface area contributed by atoms with Crippen LogP contribution in [-0.4, -0.2) is 15.9 Å². The van der Waals surface area contributed by atoms with Crippen molar-refractivity contribution in [3.8, 4) is 0 Å². The average molecular weight is 191 g/mol. The number of nitrogens with one attached hydrogen (secondary N) is 1. The molecule has 0 aliphatic rings. The molecule has 0 aromatic carbocycles. The van der Waals surface area contributed by atoms with Gasteiger partial charge in [0, 0.05) is 5.69 Å². The smallest absolute Gasteiger partial charge is 0.243 e. The van der Waals surface area contributed by atoms with Crippen molar-refractivity contribution in [2.24, 2.45) is 0 Å². The third-order valence-electron chi connectivity index (χ3n) is 1.62. The lowest BCUT2D eigenvalue weighted by Crippen LogP contribution is -2.20. The van der Waals surface area contributed by atoms with Crippen LogP contribution in [0.2, 0.25) is 0 Å². The lowest BCUT2D eigenvalue weighted by Gasteiger charge is -2.01. The second-order valence-electron chi connectivity index (χ2n) is 2.87. The van der Waals surface area contributed by atoms with E-state index >= 15 is 0 Å². The molecule has 0 radical (unpaired) electrons. The fourth-order valence-electron chi connectivity index (χ4n) is 0.994. The van der Waals surface area contributed by atoms with Crippen LogP contribution in [0.1, 0.15) is 18.3 Å². The molecule has 4 nitrogen and oxygen atoms in total. The molecule has 1 aromatic rings. The zero-order chi connectivity index (χ0) is 10.4. The van der Waals surface area contributed by atoms with E-state index in [1.807, 2.05) is 13.0 Å². The molecule has 0 unspecified atom stereocenters. The molecule has 14 heavy (non-hydrogen) atoms. The monoisotopic (exact) mass is 191 g/mol. The maximum atomic E-state index is 11.1. The number of amides is 1. The van der Waals surface area contributed by atoms with E-state index < -0.39 is 0 Å². The fourth-order valence-corrected chi connectivity index (χ4v) is 0.994. The van der Waals surface area contributed by atoms with Crippen molar-refractivity contribution in [1.82, 2.24) is 15.3 Å². The molecule has 0 spiro atoms. The predicted molar refractivity (Wildman–Crippen MR) is 53.4 cm³/mol. The van der Waals surface area contributed by atoms with Gasteiger partial charge in [0.05, 0.1) is 12.2 Å². The zero-order valence-corrected chi connectivity index (χ0v) is 8.32. The highest BCUT2D eigenvalue weighted by Gasteiger charge is 1.97. The van der Waals surface area contributed by atoms with Crippen molar-refractivity contribution in [3.05, 3.63) is 35.9 Å². The summed E-state index contributed by atoms with van der Waals surface area (Å²) in [6, 6.07) is 1.84. The highest BCUT2D eigenvalue weighted by Crippen LogP contribution is 1.95. The van der Waals surface area contributed by atoms with E-state index in [9.17, 15) is 4.79 Å². The minimum absolute atomic E-state index is 0.108. The first-order valence-corrected chi connectivity index (χ1v) is 4.40. The molecular weight excluding hydrogens is 178 g/mol. The largest absolute Gasteiger partial charge is 0.347 e. The third-order valence-corrected chi connectivity index (χ3v) is 1.62. The molecule has 1 aromatic heterocycles. The van der Waals surface area contributed by atoms with Gasteiger partial charge < -0.3 is 5.32 Å². The normalized spacial score (nSPS) is 10.4. The Kier molecular flexibility index (Phi) is 3.79. The summed E-state index contributed by atoms with van der Waals surface area (Å²) in [5, 5.41) is 2.71. The van der Waals surface area contributed by atoms with Crippen LogP contribution in [-0.2, 0) is 11.3 Å². The first-order chi connectivity index (χ1) is 6.72. The molecule has 1 rings (SSSR count). The van der Waals surface area contributed by atoms with Gasteiger partial charge in [0.2, 0.25) is 5.91 Å². The number of nitrogens with zero attached hydrogens (tertiary/aromatic N) is 2. The lowest BCUT2D eigenvalue weighted by molar-refractivity contribution is -0.116. The van der Waals surface area contributed by atoms with Crippen molar-refractivity contribution in [2.45, 2.75) is 20.4 Å². The van der Waals surface area contributed by atoms with Crippen molar-refractivity contribution in [1.29, 1.82) is 0 Å². The molecule has 4 heteroatoms. The number of allylic oxidation sites excluding steroid dienone is 1. The minimum Gasteiger partial charge on any atom is -0.347 e. The number of rotatable bonds is 3. The predicted octanol–water partition coefficient (Wildman–Crippen LogP) is 0.977. The third kappa shape index (κ3) is 3.35. The second-order valence-corrected chi connectivity index (χ2v) is 2.87. The van der Waals surface area contributed by atoms with Crippen LogP contribution in [0.3, 0.4) is 0 Å². The summed E-state index contributed by atoms with van der Waals surface area (Å²) in [7, 11) is 0. The van der Waals surface area contributed by atoms with Gasteiger partial charge in [0.15, 0.2) is 0 Å². The summed E-state index contributed by atoms with van der Waals surface area (Å²) in [4.78, 5) is 19.0. The molecule has 0 atom stereocenters. The van der Waals surface area contributed by atoms with Gasteiger partial charge in [-0.05, 0) is 26.0 Å². The minimum atomic E-state index is -0.108. The molecular formula is C10H13N3O. The summed E-state index contributed by atoms with van der Waals surface area (Å²) < 4.78 is 0. The molecule has 1 amide bonds. The Morgan fingerprint density at radius 1 is 1.57 bits per heavy atom.